The van der Waals surface area contributed by atoms with Gasteiger partial charge in [0.05, 0.1) is 19.3 Å². The molecule has 2 N–H and O–H groups in total. The first kappa shape index (κ1) is 14.0. The molecule has 0 amide bonds. The van der Waals surface area contributed by atoms with Gasteiger partial charge in [-0.05, 0) is 24.6 Å². The van der Waals surface area contributed by atoms with Crippen LogP contribution in [0.1, 0.15) is 29.6 Å². The number of methoxy groups -OCH3 is 1. The number of rotatable bonds is 6. The fourth-order valence-electron chi connectivity index (χ4n) is 1.77. The van der Waals surface area contributed by atoms with Gasteiger partial charge in [0, 0.05) is 18.1 Å². The van der Waals surface area contributed by atoms with Crippen LogP contribution in [0.4, 0.5) is 0 Å². The average Bonchev–Trinajstić information content (AvgIpc) is 2.98. The molecule has 1 heterocycles. The molecule has 2 atom stereocenters. The van der Waals surface area contributed by atoms with E-state index in [9.17, 15) is 5.11 Å². The third-order valence-corrected chi connectivity index (χ3v) is 3.90. The predicted molar refractivity (Wildman–Crippen MR) is 76.5 cm³/mol. The maximum Gasteiger partial charge on any atom is 0.118 e. The minimum Gasteiger partial charge on any atom is -0.497 e. The summed E-state index contributed by atoms with van der Waals surface area (Å²) >= 11 is 1.61. The highest BCUT2D eigenvalue weighted by Gasteiger charge is 2.12. The average molecular weight is 278 g/mol. The van der Waals surface area contributed by atoms with Crippen molar-refractivity contribution >= 4 is 11.3 Å². The van der Waals surface area contributed by atoms with Crippen LogP contribution in [0.3, 0.4) is 0 Å². The van der Waals surface area contributed by atoms with E-state index in [0.717, 1.165) is 16.3 Å². The molecular weight excluding hydrogens is 260 g/mol. The van der Waals surface area contributed by atoms with Crippen LogP contribution in [0.25, 0.3) is 0 Å². The molecule has 0 bridgehead atoms. The standard InChI is InChI=1S/C14H18N2O2S/c1-10(14-15-7-8-19-14)16-9-13(17)11-3-5-12(18-2)6-4-11/h3-8,10,13,16-17H,9H2,1-2H3. The van der Waals surface area contributed by atoms with Crippen LogP contribution in [-0.2, 0) is 0 Å². The van der Waals surface area contributed by atoms with Crippen molar-refractivity contribution in [2.45, 2.75) is 19.1 Å². The molecule has 1 aromatic heterocycles. The zero-order valence-electron chi connectivity index (χ0n) is 11.0. The molecule has 0 aliphatic heterocycles. The monoisotopic (exact) mass is 278 g/mol. The third kappa shape index (κ3) is 3.76. The van der Waals surface area contributed by atoms with Gasteiger partial charge in [0.25, 0.3) is 0 Å². The maximum absolute atomic E-state index is 10.1. The SMILES string of the molecule is COc1ccc(C(O)CNC(C)c2nccs2)cc1. The van der Waals surface area contributed by atoms with Crippen molar-refractivity contribution in [2.24, 2.45) is 0 Å². The Morgan fingerprint density at radius 3 is 2.68 bits per heavy atom. The predicted octanol–water partition coefficient (Wildman–Crippen LogP) is 2.54. The van der Waals surface area contributed by atoms with E-state index < -0.39 is 6.10 Å². The molecule has 1 aromatic carbocycles. The van der Waals surface area contributed by atoms with Gasteiger partial charge in [-0.3, -0.25) is 0 Å². The Labute approximate surface area is 117 Å². The Morgan fingerprint density at radius 1 is 1.37 bits per heavy atom. The van der Waals surface area contributed by atoms with E-state index in [4.69, 9.17) is 4.74 Å². The zero-order valence-corrected chi connectivity index (χ0v) is 11.9. The Hall–Kier alpha value is -1.43. The highest BCUT2D eigenvalue weighted by atomic mass is 32.1. The second-order valence-electron chi connectivity index (χ2n) is 4.29. The van der Waals surface area contributed by atoms with Crippen molar-refractivity contribution in [1.29, 1.82) is 0 Å². The van der Waals surface area contributed by atoms with Gasteiger partial charge in [-0.25, -0.2) is 4.98 Å². The van der Waals surface area contributed by atoms with Crippen molar-refractivity contribution in [1.82, 2.24) is 10.3 Å². The minimum atomic E-state index is -0.534. The highest BCUT2D eigenvalue weighted by Crippen LogP contribution is 2.19. The number of hydrogen-bond donors (Lipinski definition) is 2. The van der Waals surface area contributed by atoms with E-state index in [0.29, 0.717) is 6.54 Å². The molecule has 0 fully saturated rings. The molecular formula is C14H18N2O2S. The van der Waals surface area contributed by atoms with Crippen LogP contribution < -0.4 is 10.1 Å². The van der Waals surface area contributed by atoms with Crippen LogP contribution in [-0.4, -0.2) is 23.7 Å². The number of ether oxygens (including phenoxy) is 1. The van der Waals surface area contributed by atoms with E-state index in [1.807, 2.05) is 36.6 Å². The summed E-state index contributed by atoms with van der Waals surface area (Å²) in [4.78, 5) is 4.25. The molecule has 0 radical (unpaired) electrons. The Kier molecular flexibility index (Phi) is 4.90. The number of aliphatic hydroxyl groups is 1. The van der Waals surface area contributed by atoms with Gasteiger partial charge >= 0.3 is 0 Å². The zero-order chi connectivity index (χ0) is 13.7. The molecule has 2 unspecified atom stereocenters. The van der Waals surface area contributed by atoms with Crippen LogP contribution in [0, 0.1) is 0 Å². The van der Waals surface area contributed by atoms with E-state index in [1.54, 1.807) is 24.6 Å². The molecule has 19 heavy (non-hydrogen) atoms. The van der Waals surface area contributed by atoms with Crippen LogP contribution in [0.2, 0.25) is 0 Å². The summed E-state index contributed by atoms with van der Waals surface area (Å²) in [5.74, 6) is 0.792. The van der Waals surface area contributed by atoms with E-state index in [2.05, 4.69) is 10.3 Å². The number of aliphatic hydroxyl groups excluding tert-OH is 1. The molecule has 0 spiro atoms. The van der Waals surface area contributed by atoms with Gasteiger partial charge in [0.2, 0.25) is 0 Å². The summed E-state index contributed by atoms with van der Waals surface area (Å²) in [5.41, 5.74) is 0.875. The molecule has 2 rings (SSSR count). The van der Waals surface area contributed by atoms with Gasteiger partial charge in [-0.1, -0.05) is 12.1 Å². The van der Waals surface area contributed by atoms with Crippen LogP contribution >= 0.6 is 11.3 Å². The lowest BCUT2D eigenvalue weighted by Crippen LogP contribution is -2.24. The second kappa shape index (κ2) is 6.65. The Morgan fingerprint density at radius 2 is 2.11 bits per heavy atom. The van der Waals surface area contributed by atoms with E-state index in [-0.39, 0.29) is 6.04 Å². The third-order valence-electron chi connectivity index (χ3n) is 2.94. The molecule has 102 valence electrons. The van der Waals surface area contributed by atoms with Crippen LogP contribution in [0.15, 0.2) is 35.8 Å². The first-order valence-electron chi connectivity index (χ1n) is 6.15. The lowest BCUT2D eigenvalue weighted by Gasteiger charge is -2.16. The summed E-state index contributed by atoms with van der Waals surface area (Å²) in [6.45, 7) is 2.53. The number of aromatic nitrogens is 1. The lowest BCUT2D eigenvalue weighted by atomic mass is 10.1. The largest absolute Gasteiger partial charge is 0.497 e. The molecule has 4 nitrogen and oxygen atoms in total. The van der Waals surface area contributed by atoms with Gasteiger partial charge in [-0.2, -0.15) is 0 Å². The first-order chi connectivity index (χ1) is 9.20. The minimum absolute atomic E-state index is 0.146. The fourth-order valence-corrected chi connectivity index (χ4v) is 2.44. The number of nitrogens with one attached hydrogen (secondary N) is 1. The quantitative estimate of drug-likeness (QED) is 0.852. The first-order valence-corrected chi connectivity index (χ1v) is 7.03. The van der Waals surface area contributed by atoms with E-state index >= 15 is 0 Å². The highest BCUT2D eigenvalue weighted by molar-refractivity contribution is 7.09. The second-order valence-corrected chi connectivity index (χ2v) is 5.22. The topological polar surface area (TPSA) is 54.4 Å². The van der Waals surface area contributed by atoms with Crippen molar-refractivity contribution < 1.29 is 9.84 Å². The van der Waals surface area contributed by atoms with Crippen molar-refractivity contribution in [3.05, 3.63) is 46.4 Å². The van der Waals surface area contributed by atoms with Crippen LogP contribution in [0.5, 0.6) is 5.75 Å². The molecule has 0 aliphatic carbocycles. The summed E-state index contributed by atoms with van der Waals surface area (Å²) in [5, 5.41) is 16.4. The lowest BCUT2D eigenvalue weighted by molar-refractivity contribution is 0.170. The number of hydrogen-bond acceptors (Lipinski definition) is 5. The molecule has 0 aliphatic rings. The summed E-state index contributed by atoms with van der Waals surface area (Å²) in [6, 6.07) is 7.59. The maximum atomic E-state index is 10.1. The smallest absolute Gasteiger partial charge is 0.118 e. The molecule has 5 heteroatoms. The molecule has 0 saturated heterocycles. The van der Waals surface area contributed by atoms with Gasteiger partial charge in [0.15, 0.2) is 0 Å². The number of benzene rings is 1. The summed E-state index contributed by atoms with van der Waals surface area (Å²) < 4.78 is 5.09. The van der Waals surface area contributed by atoms with Gasteiger partial charge in [-0.15, -0.1) is 11.3 Å². The van der Waals surface area contributed by atoms with Crippen molar-refractivity contribution in [3.63, 3.8) is 0 Å². The normalized spacial score (nSPS) is 14.1. The molecule has 0 saturated carbocycles. The van der Waals surface area contributed by atoms with Crippen molar-refractivity contribution in [3.8, 4) is 5.75 Å². The Bertz CT molecular complexity index is 485. The van der Waals surface area contributed by atoms with Gasteiger partial charge in [0.1, 0.15) is 10.8 Å². The number of nitrogens with zero attached hydrogens (tertiary/aromatic N) is 1. The Balaban J connectivity index is 1.88. The fraction of sp³-hybridized carbons (Fsp3) is 0.357. The van der Waals surface area contributed by atoms with Crippen molar-refractivity contribution in [2.75, 3.05) is 13.7 Å². The summed E-state index contributed by atoms with van der Waals surface area (Å²) in [7, 11) is 1.63. The van der Waals surface area contributed by atoms with E-state index in [1.165, 1.54) is 0 Å². The summed E-state index contributed by atoms with van der Waals surface area (Å²) in [6.07, 6.45) is 1.26. The van der Waals surface area contributed by atoms with Gasteiger partial charge < -0.3 is 15.2 Å². The number of thiazole rings is 1. The molecule has 2 aromatic rings.